The molecule has 0 heterocycles. The number of carbonyl (C=O) groups excluding carboxylic acids is 1. The van der Waals surface area contributed by atoms with Gasteiger partial charge in [-0.25, -0.2) is 0 Å². The van der Waals surface area contributed by atoms with Crippen LogP contribution in [-0.2, 0) is 9.59 Å². The minimum absolute atomic E-state index is 0.186. The first-order chi connectivity index (χ1) is 5.81. The Morgan fingerprint density at radius 2 is 2.00 bits per heavy atom. The first kappa shape index (κ1) is 11.9. The van der Waals surface area contributed by atoms with Gasteiger partial charge in [-0.3, -0.25) is 9.59 Å². The lowest BCUT2D eigenvalue weighted by molar-refractivity contribution is -0.142. The van der Waals surface area contributed by atoms with Crippen molar-refractivity contribution >= 4 is 11.9 Å². The summed E-state index contributed by atoms with van der Waals surface area (Å²) in [6, 6.07) is -0.877. The van der Waals surface area contributed by atoms with Crippen molar-refractivity contribution in [2.75, 3.05) is 6.54 Å². The number of carbonyl (C=O) groups is 2. The molecule has 0 aliphatic rings. The number of nitrogens with two attached hydrogens (primary N) is 1. The summed E-state index contributed by atoms with van der Waals surface area (Å²) in [5.41, 5.74) is 4.63. The smallest absolute Gasteiger partial charge is 0.325 e. The van der Waals surface area contributed by atoms with Gasteiger partial charge in [-0.15, -0.1) is 0 Å². The second-order valence-corrected chi connectivity index (χ2v) is 3.62. The Bertz CT molecular complexity index is 213. The predicted molar refractivity (Wildman–Crippen MR) is 48.1 cm³/mol. The number of amides is 1. The van der Waals surface area contributed by atoms with Gasteiger partial charge in [0.1, 0.15) is 6.04 Å². The van der Waals surface area contributed by atoms with E-state index in [-0.39, 0.29) is 12.5 Å². The zero-order valence-corrected chi connectivity index (χ0v) is 8.13. The summed E-state index contributed by atoms with van der Waals surface area (Å²) in [6.07, 6.45) is 0. The van der Waals surface area contributed by atoms with E-state index in [9.17, 15) is 9.59 Å². The van der Waals surface area contributed by atoms with Crippen LogP contribution in [0.2, 0.25) is 0 Å². The summed E-state index contributed by atoms with van der Waals surface area (Å²) in [4.78, 5) is 21.8. The second-order valence-electron chi connectivity index (χ2n) is 3.62. The third-order valence-corrected chi connectivity index (χ3v) is 1.84. The average molecular weight is 188 g/mol. The molecule has 0 spiro atoms. The van der Waals surface area contributed by atoms with Gasteiger partial charge in [-0.2, -0.15) is 0 Å². The highest BCUT2D eigenvalue weighted by molar-refractivity contribution is 5.86. The van der Waals surface area contributed by atoms with Crippen molar-refractivity contribution in [3.63, 3.8) is 0 Å². The van der Waals surface area contributed by atoms with Crippen molar-refractivity contribution in [2.45, 2.75) is 26.8 Å². The molecule has 0 aliphatic heterocycles. The average Bonchev–Trinajstić information content (AvgIpc) is 2.04. The van der Waals surface area contributed by atoms with Gasteiger partial charge in [0.2, 0.25) is 5.91 Å². The number of carboxylic acid groups (broad SMARTS) is 1. The highest BCUT2D eigenvalue weighted by Gasteiger charge is 2.28. The molecule has 76 valence electrons. The maximum absolute atomic E-state index is 11.4. The molecule has 0 aromatic carbocycles. The Morgan fingerprint density at radius 3 is 2.31 bits per heavy atom. The molecule has 13 heavy (non-hydrogen) atoms. The van der Waals surface area contributed by atoms with E-state index >= 15 is 0 Å². The van der Waals surface area contributed by atoms with E-state index in [1.807, 2.05) is 0 Å². The van der Waals surface area contributed by atoms with Gasteiger partial charge in [0.15, 0.2) is 0 Å². The molecule has 1 atom stereocenters. The van der Waals surface area contributed by atoms with Gasteiger partial charge in [0.05, 0.1) is 5.41 Å². The molecule has 1 unspecified atom stereocenters. The monoisotopic (exact) mass is 188 g/mol. The van der Waals surface area contributed by atoms with Gasteiger partial charge < -0.3 is 16.2 Å². The SMILES string of the molecule is CC(NC(=O)C(C)(C)CN)C(=O)O. The van der Waals surface area contributed by atoms with Crippen molar-refractivity contribution in [3.05, 3.63) is 0 Å². The van der Waals surface area contributed by atoms with Crippen LogP contribution in [0.15, 0.2) is 0 Å². The number of aliphatic carboxylic acids is 1. The van der Waals surface area contributed by atoms with Crippen LogP contribution < -0.4 is 11.1 Å². The predicted octanol–water partition coefficient (Wildman–Crippen LogP) is -0.439. The zero-order chi connectivity index (χ0) is 10.6. The highest BCUT2D eigenvalue weighted by atomic mass is 16.4. The summed E-state index contributed by atoms with van der Waals surface area (Å²) in [7, 11) is 0. The van der Waals surface area contributed by atoms with Crippen LogP contribution in [0.4, 0.5) is 0 Å². The molecular formula is C8H16N2O3. The van der Waals surface area contributed by atoms with Gasteiger partial charge >= 0.3 is 5.97 Å². The van der Waals surface area contributed by atoms with Crippen LogP contribution in [0.3, 0.4) is 0 Å². The van der Waals surface area contributed by atoms with Crippen LogP contribution in [0.5, 0.6) is 0 Å². The first-order valence-electron chi connectivity index (χ1n) is 4.05. The zero-order valence-electron chi connectivity index (χ0n) is 8.13. The largest absolute Gasteiger partial charge is 0.480 e. The van der Waals surface area contributed by atoms with E-state index < -0.39 is 17.4 Å². The van der Waals surface area contributed by atoms with Gasteiger partial charge in [0, 0.05) is 6.54 Å². The fourth-order valence-corrected chi connectivity index (χ4v) is 0.546. The maximum atomic E-state index is 11.4. The number of nitrogens with one attached hydrogen (secondary N) is 1. The van der Waals surface area contributed by atoms with E-state index in [0.717, 1.165) is 0 Å². The molecule has 4 N–H and O–H groups in total. The van der Waals surface area contributed by atoms with E-state index in [1.165, 1.54) is 6.92 Å². The Morgan fingerprint density at radius 1 is 1.54 bits per heavy atom. The molecule has 0 radical (unpaired) electrons. The highest BCUT2D eigenvalue weighted by Crippen LogP contribution is 2.12. The minimum Gasteiger partial charge on any atom is -0.480 e. The van der Waals surface area contributed by atoms with Crippen molar-refractivity contribution in [2.24, 2.45) is 11.1 Å². The van der Waals surface area contributed by atoms with Crippen LogP contribution in [0.1, 0.15) is 20.8 Å². The van der Waals surface area contributed by atoms with E-state index in [4.69, 9.17) is 10.8 Å². The number of hydrogen-bond acceptors (Lipinski definition) is 3. The number of hydrogen-bond donors (Lipinski definition) is 3. The fraction of sp³-hybridized carbons (Fsp3) is 0.750. The minimum atomic E-state index is -1.05. The van der Waals surface area contributed by atoms with Gasteiger partial charge in [0.25, 0.3) is 0 Å². The van der Waals surface area contributed by atoms with Crippen LogP contribution in [-0.4, -0.2) is 29.6 Å². The fourth-order valence-electron chi connectivity index (χ4n) is 0.546. The molecule has 0 rings (SSSR count). The number of rotatable bonds is 4. The van der Waals surface area contributed by atoms with Crippen LogP contribution >= 0.6 is 0 Å². The van der Waals surface area contributed by atoms with Crippen molar-refractivity contribution in [1.29, 1.82) is 0 Å². The summed E-state index contributed by atoms with van der Waals surface area (Å²) in [5.74, 6) is -1.40. The lowest BCUT2D eigenvalue weighted by Gasteiger charge is -2.22. The number of carboxylic acids is 1. The van der Waals surface area contributed by atoms with Crippen molar-refractivity contribution in [1.82, 2.24) is 5.32 Å². The molecule has 0 aromatic heterocycles. The Kier molecular flexibility index (Phi) is 3.87. The standard InChI is InChI=1S/C8H16N2O3/c1-5(6(11)12)10-7(13)8(2,3)4-9/h5H,4,9H2,1-3H3,(H,10,13)(H,11,12). The molecule has 5 nitrogen and oxygen atoms in total. The Labute approximate surface area is 77.3 Å². The third kappa shape index (κ3) is 3.42. The quantitative estimate of drug-likeness (QED) is 0.557. The molecule has 0 aromatic rings. The first-order valence-corrected chi connectivity index (χ1v) is 4.05. The van der Waals surface area contributed by atoms with Crippen molar-refractivity contribution in [3.8, 4) is 0 Å². The van der Waals surface area contributed by atoms with E-state index in [2.05, 4.69) is 5.32 Å². The molecule has 0 fully saturated rings. The topological polar surface area (TPSA) is 92.4 Å². The molecular weight excluding hydrogens is 172 g/mol. The van der Waals surface area contributed by atoms with E-state index in [1.54, 1.807) is 13.8 Å². The molecule has 0 aliphatic carbocycles. The summed E-state index contributed by atoms with van der Waals surface area (Å²) in [6.45, 7) is 4.92. The van der Waals surface area contributed by atoms with Gasteiger partial charge in [-0.1, -0.05) is 0 Å². The molecule has 5 heteroatoms. The van der Waals surface area contributed by atoms with Crippen LogP contribution in [0.25, 0.3) is 0 Å². The summed E-state index contributed by atoms with van der Waals surface area (Å²) >= 11 is 0. The van der Waals surface area contributed by atoms with Crippen molar-refractivity contribution < 1.29 is 14.7 Å². The second kappa shape index (κ2) is 4.23. The van der Waals surface area contributed by atoms with Crippen LogP contribution in [0, 0.1) is 5.41 Å². The molecule has 0 saturated carbocycles. The Hall–Kier alpha value is -1.10. The molecule has 1 amide bonds. The summed E-state index contributed by atoms with van der Waals surface area (Å²) < 4.78 is 0. The van der Waals surface area contributed by atoms with E-state index in [0.29, 0.717) is 0 Å². The normalized spacial score (nSPS) is 13.5. The maximum Gasteiger partial charge on any atom is 0.325 e. The molecule has 0 saturated heterocycles. The van der Waals surface area contributed by atoms with Gasteiger partial charge in [-0.05, 0) is 20.8 Å². The lowest BCUT2D eigenvalue weighted by Crippen LogP contribution is -2.47. The molecule has 0 bridgehead atoms. The Balaban J connectivity index is 4.23. The lowest BCUT2D eigenvalue weighted by atomic mass is 9.92. The summed E-state index contributed by atoms with van der Waals surface area (Å²) in [5, 5.41) is 10.9. The third-order valence-electron chi connectivity index (χ3n) is 1.84.